The smallest absolute Gasteiger partial charge is 0.151 e. The second-order valence-electron chi connectivity index (χ2n) is 7.51. The first kappa shape index (κ1) is 18.7. The molecule has 1 atom stereocenters. The fraction of sp³-hybridized carbons (Fsp3) is 0.391. The molecule has 5 nitrogen and oxygen atoms in total. The van der Waals surface area contributed by atoms with E-state index in [1.165, 1.54) is 23.6 Å². The van der Waals surface area contributed by atoms with Crippen LogP contribution in [0, 0.1) is 0 Å². The Morgan fingerprint density at radius 1 is 1.11 bits per heavy atom. The number of anilines is 1. The summed E-state index contributed by atoms with van der Waals surface area (Å²) in [5.41, 5.74) is 0. The average Bonchev–Trinajstić information content (AvgIpc) is 3.20. The summed E-state index contributed by atoms with van der Waals surface area (Å²) in [5, 5.41) is 10.7. The molecule has 0 spiro atoms. The highest BCUT2D eigenvalue weighted by molar-refractivity contribution is 5.88. The lowest BCUT2D eigenvalue weighted by Gasteiger charge is -2.29. The maximum atomic E-state index is 6.07. The van der Waals surface area contributed by atoms with Crippen LogP contribution in [0.3, 0.4) is 0 Å². The molecule has 1 aliphatic rings. The van der Waals surface area contributed by atoms with Crippen molar-refractivity contribution in [1.82, 2.24) is 15.1 Å². The molecule has 0 saturated carbocycles. The minimum atomic E-state index is 0.515. The Hall–Kier alpha value is -2.66. The van der Waals surface area contributed by atoms with Crippen LogP contribution in [0.5, 0.6) is 5.75 Å². The van der Waals surface area contributed by atoms with Gasteiger partial charge in [-0.3, -0.25) is 0 Å². The topological polar surface area (TPSA) is 41.5 Å². The zero-order valence-corrected chi connectivity index (χ0v) is 16.5. The summed E-state index contributed by atoms with van der Waals surface area (Å²) in [7, 11) is 2.20. The number of fused-ring (bicyclic) bond motifs is 1. The van der Waals surface area contributed by atoms with Crippen LogP contribution in [0.4, 0.5) is 5.82 Å². The summed E-state index contributed by atoms with van der Waals surface area (Å²) in [4.78, 5) is 4.81. The van der Waals surface area contributed by atoms with Gasteiger partial charge in [0.2, 0.25) is 0 Å². The molecule has 0 N–H and O–H groups in total. The van der Waals surface area contributed by atoms with Crippen molar-refractivity contribution in [2.45, 2.75) is 25.3 Å². The highest BCUT2D eigenvalue weighted by Crippen LogP contribution is 2.25. The second kappa shape index (κ2) is 9.02. The minimum absolute atomic E-state index is 0.515. The van der Waals surface area contributed by atoms with Crippen LogP contribution in [0.15, 0.2) is 60.8 Å². The third kappa shape index (κ3) is 4.42. The van der Waals surface area contributed by atoms with E-state index in [2.05, 4.69) is 75.6 Å². The second-order valence-corrected chi connectivity index (χ2v) is 7.51. The molecule has 3 aromatic rings. The summed E-state index contributed by atoms with van der Waals surface area (Å²) < 4.78 is 6.07. The van der Waals surface area contributed by atoms with Crippen LogP contribution in [0.2, 0.25) is 0 Å². The number of likely N-dealkylation sites (N-methyl/N-ethyl adjacent to an activating group) is 1. The standard InChI is InChI=1S/C23H28N4O/c1-26(18-20-10-6-16-27(20)23-13-5-14-24-25-23)15-7-17-28-22-12-4-9-19-8-2-3-11-21(19)22/h2-5,8-9,11-14,20H,6-7,10,15-18H2,1H3. The van der Waals surface area contributed by atoms with Gasteiger partial charge in [0.25, 0.3) is 0 Å². The molecule has 1 fully saturated rings. The van der Waals surface area contributed by atoms with Crippen molar-refractivity contribution in [1.29, 1.82) is 0 Å². The zero-order valence-electron chi connectivity index (χ0n) is 16.5. The van der Waals surface area contributed by atoms with Gasteiger partial charge in [0.05, 0.1) is 6.61 Å². The Morgan fingerprint density at radius 3 is 2.89 bits per heavy atom. The van der Waals surface area contributed by atoms with Crippen molar-refractivity contribution in [3.63, 3.8) is 0 Å². The molecule has 1 unspecified atom stereocenters. The molecule has 0 aliphatic carbocycles. The maximum absolute atomic E-state index is 6.07. The van der Waals surface area contributed by atoms with E-state index >= 15 is 0 Å². The zero-order chi connectivity index (χ0) is 19.2. The molecule has 5 heteroatoms. The van der Waals surface area contributed by atoms with Crippen LogP contribution in [-0.2, 0) is 0 Å². The van der Waals surface area contributed by atoms with Crippen LogP contribution in [-0.4, -0.2) is 54.4 Å². The number of aromatic nitrogens is 2. The quantitative estimate of drug-likeness (QED) is 0.556. The van der Waals surface area contributed by atoms with E-state index in [-0.39, 0.29) is 0 Å². The minimum Gasteiger partial charge on any atom is -0.493 e. The fourth-order valence-electron chi connectivity index (χ4n) is 4.06. The normalized spacial score (nSPS) is 16.8. The van der Waals surface area contributed by atoms with Crippen molar-refractivity contribution in [2.75, 3.05) is 38.2 Å². The van der Waals surface area contributed by atoms with E-state index < -0.39 is 0 Å². The van der Waals surface area contributed by atoms with Crippen molar-refractivity contribution < 1.29 is 4.74 Å². The van der Waals surface area contributed by atoms with Gasteiger partial charge in [-0.2, -0.15) is 5.10 Å². The van der Waals surface area contributed by atoms with Gasteiger partial charge in [-0.05, 0) is 49.9 Å². The number of hydrogen-bond acceptors (Lipinski definition) is 5. The van der Waals surface area contributed by atoms with Crippen LogP contribution >= 0.6 is 0 Å². The first-order valence-electron chi connectivity index (χ1n) is 10.1. The molecule has 146 valence electrons. The van der Waals surface area contributed by atoms with Crippen molar-refractivity contribution >= 4 is 16.6 Å². The third-order valence-corrected chi connectivity index (χ3v) is 5.44. The molecular formula is C23H28N4O. The number of nitrogens with zero attached hydrogens (tertiary/aromatic N) is 4. The fourth-order valence-corrected chi connectivity index (χ4v) is 4.06. The van der Waals surface area contributed by atoms with E-state index in [0.29, 0.717) is 6.04 Å². The molecule has 1 saturated heterocycles. The van der Waals surface area contributed by atoms with Crippen LogP contribution < -0.4 is 9.64 Å². The predicted octanol–water partition coefficient (Wildman–Crippen LogP) is 4.00. The van der Waals surface area contributed by atoms with Gasteiger partial charge in [-0.15, -0.1) is 5.10 Å². The van der Waals surface area contributed by atoms with E-state index in [0.717, 1.165) is 44.2 Å². The van der Waals surface area contributed by atoms with E-state index in [9.17, 15) is 0 Å². The Bertz CT molecular complexity index is 881. The van der Waals surface area contributed by atoms with E-state index in [4.69, 9.17) is 4.74 Å². The Kier molecular flexibility index (Phi) is 6.02. The molecule has 0 radical (unpaired) electrons. The largest absolute Gasteiger partial charge is 0.493 e. The molecule has 28 heavy (non-hydrogen) atoms. The van der Waals surface area contributed by atoms with Gasteiger partial charge >= 0.3 is 0 Å². The first-order valence-corrected chi connectivity index (χ1v) is 10.1. The molecule has 0 amide bonds. The third-order valence-electron chi connectivity index (χ3n) is 5.44. The SMILES string of the molecule is CN(CCCOc1cccc2ccccc12)CC1CCCN1c1cccnn1. The van der Waals surface area contributed by atoms with Crippen molar-refractivity contribution in [3.8, 4) is 5.75 Å². The Morgan fingerprint density at radius 2 is 2.00 bits per heavy atom. The van der Waals surface area contributed by atoms with Gasteiger partial charge in [0, 0.05) is 37.3 Å². The Balaban J connectivity index is 1.25. The lowest BCUT2D eigenvalue weighted by molar-refractivity contribution is 0.256. The van der Waals surface area contributed by atoms with Gasteiger partial charge in [0.1, 0.15) is 5.75 Å². The van der Waals surface area contributed by atoms with Crippen LogP contribution in [0.1, 0.15) is 19.3 Å². The summed E-state index contributed by atoms with van der Waals surface area (Å²) in [6, 6.07) is 19.2. The molecular weight excluding hydrogens is 348 g/mol. The molecule has 4 rings (SSSR count). The molecule has 1 aromatic heterocycles. The van der Waals surface area contributed by atoms with Gasteiger partial charge in [0.15, 0.2) is 5.82 Å². The monoisotopic (exact) mass is 376 g/mol. The Labute approximate surface area is 166 Å². The lowest BCUT2D eigenvalue weighted by Crippen LogP contribution is -2.39. The molecule has 2 aromatic carbocycles. The lowest BCUT2D eigenvalue weighted by atomic mass is 10.1. The molecule has 0 bridgehead atoms. The highest BCUT2D eigenvalue weighted by Gasteiger charge is 2.26. The number of ether oxygens (including phenoxy) is 1. The number of rotatable bonds is 8. The molecule has 2 heterocycles. The number of hydrogen-bond donors (Lipinski definition) is 0. The van der Waals surface area contributed by atoms with Crippen LogP contribution in [0.25, 0.3) is 10.8 Å². The number of benzene rings is 2. The van der Waals surface area contributed by atoms with Crippen molar-refractivity contribution in [2.24, 2.45) is 0 Å². The summed E-state index contributed by atoms with van der Waals surface area (Å²) in [5.74, 6) is 1.98. The molecule has 1 aliphatic heterocycles. The van der Waals surface area contributed by atoms with Gasteiger partial charge in [-0.25, -0.2) is 0 Å². The average molecular weight is 377 g/mol. The summed E-state index contributed by atoms with van der Waals surface area (Å²) in [6.45, 7) is 3.87. The van der Waals surface area contributed by atoms with Crippen molar-refractivity contribution in [3.05, 3.63) is 60.8 Å². The summed E-state index contributed by atoms with van der Waals surface area (Å²) in [6.07, 6.45) is 5.18. The van der Waals surface area contributed by atoms with Gasteiger partial charge < -0.3 is 14.5 Å². The van der Waals surface area contributed by atoms with E-state index in [1.807, 2.05) is 6.07 Å². The highest BCUT2D eigenvalue weighted by atomic mass is 16.5. The first-order chi connectivity index (χ1) is 13.8. The van der Waals surface area contributed by atoms with E-state index in [1.54, 1.807) is 6.20 Å². The predicted molar refractivity (Wildman–Crippen MR) is 114 cm³/mol. The van der Waals surface area contributed by atoms with Gasteiger partial charge in [-0.1, -0.05) is 36.4 Å². The summed E-state index contributed by atoms with van der Waals surface area (Å²) >= 11 is 0. The maximum Gasteiger partial charge on any atom is 0.151 e.